The van der Waals surface area contributed by atoms with Crippen molar-refractivity contribution in [3.8, 4) is 40.2 Å². The van der Waals surface area contributed by atoms with Crippen LogP contribution in [0.25, 0.3) is 10.8 Å². The average Bonchev–Trinajstić information content (AvgIpc) is 2.36. The number of benzene rings is 2. The maximum Gasteiger partial charge on any atom is 0.302 e. The highest BCUT2D eigenvalue weighted by atomic mass is 32.2. The van der Waals surface area contributed by atoms with Crippen molar-refractivity contribution in [2.24, 2.45) is 0 Å². The van der Waals surface area contributed by atoms with E-state index in [1.165, 1.54) is 0 Å². The van der Waals surface area contributed by atoms with Gasteiger partial charge in [0.25, 0.3) is 0 Å². The molecular weight excluding hydrogens is 312 g/mol. The zero-order valence-electron chi connectivity index (χ0n) is 9.80. The Bertz CT molecular complexity index is 883. The largest absolute Gasteiger partial charge is 0.506 e. The van der Waals surface area contributed by atoms with Gasteiger partial charge < -0.3 is 35.7 Å². The van der Waals surface area contributed by atoms with Crippen LogP contribution < -0.4 is 0 Å². The van der Waals surface area contributed by atoms with E-state index in [0.29, 0.717) is 0 Å². The van der Waals surface area contributed by atoms with Crippen molar-refractivity contribution in [2.75, 3.05) is 0 Å². The minimum absolute atomic E-state index is 0.940. The van der Waals surface area contributed by atoms with Gasteiger partial charge in [0.05, 0.1) is 10.8 Å². The first kappa shape index (κ1) is 14.6. The van der Waals surface area contributed by atoms with Gasteiger partial charge in [-0.1, -0.05) is 0 Å². The third-order valence-corrected chi connectivity index (χ3v) is 3.69. The highest BCUT2D eigenvalue weighted by Gasteiger charge is 2.32. The molecule has 2 rings (SSSR count). The minimum atomic E-state index is -5.23. The summed E-state index contributed by atoms with van der Waals surface area (Å²) in [6.07, 6.45) is 0. The molecule has 0 saturated heterocycles. The molecule has 0 unspecified atom stereocenters. The maximum atomic E-state index is 11.1. The van der Waals surface area contributed by atoms with Gasteiger partial charge in [0, 0.05) is 0 Å². The summed E-state index contributed by atoms with van der Waals surface area (Å²) in [7, 11) is -5.23. The van der Waals surface area contributed by atoms with Crippen molar-refractivity contribution in [2.45, 2.75) is 4.90 Å². The Morgan fingerprint density at radius 2 is 0.857 bits per heavy atom. The van der Waals surface area contributed by atoms with Crippen molar-refractivity contribution in [1.29, 1.82) is 0 Å². The highest BCUT2D eigenvalue weighted by Crippen LogP contribution is 2.58. The fourth-order valence-corrected chi connectivity index (χ4v) is 2.54. The predicted octanol–water partition coefficient (Wildman–Crippen LogP) is 0.0257. The molecule has 2 aromatic rings. The van der Waals surface area contributed by atoms with Gasteiger partial charge in [-0.05, 0) is 0 Å². The molecule has 0 amide bonds. The van der Waals surface area contributed by atoms with E-state index in [2.05, 4.69) is 0 Å². The Labute approximate surface area is 115 Å². The number of phenolic OH excluding ortho intramolecular Hbond substituents is 7. The summed E-state index contributed by atoms with van der Waals surface area (Å²) < 4.78 is 31.1. The number of hydrogen-bond donors (Lipinski definition) is 8. The van der Waals surface area contributed by atoms with Crippen LogP contribution in [-0.4, -0.2) is 48.7 Å². The zero-order chi connectivity index (χ0) is 16.3. The van der Waals surface area contributed by atoms with E-state index in [0.717, 1.165) is 0 Å². The minimum Gasteiger partial charge on any atom is -0.506 e. The van der Waals surface area contributed by atoms with Crippen molar-refractivity contribution < 1.29 is 48.7 Å². The number of hydrogen-bond acceptors (Lipinski definition) is 9. The van der Waals surface area contributed by atoms with Gasteiger partial charge in [0.15, 0.2) is 33.6 Å². The van der Waals surface area contributed by atoms with E-state index in [-0.39, 0.29) is 0 Å². The molecule has 0 heterocycles. The lowest BCUT2D eigenvalue weighted by atomic mass is 10.0. The van der Waals surface area contributed by atoms with Crippen LogP contribution in [-0.2, 0) is 10.1 Å². The second-order valence-electron chi connectivity index (χ2n) is 3.99. The Kier molecular flexibility index (Phi) is 2.85. The van der Waals surface area contributed by atoms with E-state index in [9.17, 15) is 44.2 Å². The van der Waals surface area contributed by atoms with Crippen LogP contribution in [0, 0.1) is 0 Å². The third kappa shape index (κ3) is 1.79. The fraction of sp³-hybridized carbons (Fsp3) is 0. The van der Waals surface area contributed by atoms with Crippen LogP contribution in [0.1, 0.15) is 0 Å². The topological polar surface area (TPSA) is 196 Å². The van der Waals surface area contributed by atoms with Crippen molar-refractivity contribution in [3.05, 3.63) is 0 Å². The van der Waals surface area contributed by atoms with Gasteiger partial charge in [0.1, 0.15) is 0 Å². The summed E-state index contributed by atoms with van der Waals surface area (Å²) in [5.74, 6) is -9.48. The number of fused-ring (bicyclic) bond motifs is 1. The molecule has 114 valence electrons. The number of aromatic hydroxyl groups is 7. The highest BCUT2D eigenvalue weighted by molar-refractivity contribution is 7.86. The Balaban J connectivity index is 3.27. The van der Waals surface area contributed by atoms with Crippen LogP contribution in [0.4, 0.5) is 0 Å². The third-order valence-electron chi connectivity index (χ3n) is 2.78. The summed E-state index contributed by atoms with van der Waals surface area (Å²) in [6.45, 7) is 0. The lowest BCUT2D eigenvalue weighted by Crippen LogP contribution is -2.00. The lowest BCUT2D eigenvalue weighted by molar-refractivity contribution is 0.345. The number of phenols is 7. The summed E-state index contributed by atoms with van der Waals surface area (Å²) >= 11 is 0. The molecule has 0 fully saturated rings. The second-order valence-corrected chi connectivity index (χ2v) is 5.35. The summed E-state index contributed by atoms with van der Waals surface area (Å²) in [4.78, 5) is -1.55. The summed E-state index contributed by atoms with van der Waals surface area (Å²) in [5.41, 5.74) is 0. The molecule has 0 aliphatic rings. The first-order chi connectivity index (χ1) is 9.50. The normalized spacial score (nSPS) is 11.9. The molecule has 0 aromatic heterocycles. The first-order valence-electron chi connectivity index (χ1n) is 5.04. The van der Waals surface area contributed by atoms with E-state index < -0.39 is 66.0 Å². The van der Waals surface area contributed by atoms with Gasteiger partial charge in [-0.2, -0.15) is 8.42 Å². The molecule has 0 bridgehead atoms. The molecule has 0 spiro atoms. The van der Waals surface area contributed by atoms with Gasteiger partial charge in [-0.15, -0.1) is 0 Å². The second kappa shape index (κ2) is 4.10. The molecule has 10 nitrogen and oxygen atoms in total. The molecule has 0 radical (unpaired) electrons. The molecule has 0 atom stereocenters. The molecule has 0 aliphatic carbocycles. The van der Waals surface area contributed by atoms with Gasteiger partial charge in [-0.3, -0.25) is 4.55 Å². The molecular formula is C10H8O10S. The smallest absolute Gasteiger partial charge is 0.302 e. The van der Waals surface area contributed by atoms with E-state index in [4.69, 9.17) is 4.55 Å². The van der Waals surface area contributed by atoms with Crippen LogP contribution in [0.3, 0.4) is 0 Å². The zero-order valence-corrected chi connectivity index (χ0v) is 10.6. The Morgan fingerprint density at radius 3 is 1.24 bits per heavy atom. The fourth-order valence-electron chi connectivity index (χ4n) is 1.85. The molecule has 0 aliphatic heterocycles. The summed E-state index contributed by atoms with van der Waals surface area (Å²) in [6, 6.07) is 0. The lowest BCUT2D eigenvalue weighted by Gasteiger charge is -2.14. The quantitative estimate of drug-likeness (QED) is 0.201. The van der Waals surface area contributed by atoms with Gasteiger partial charge >= 0.3 is 10.1 Å². The molecule has 11 heteroatoms. The maximum absolute atomic E-state index is 11.1. The van der Waals surface area contributed by atoms with E-state index in [1.807, 2.05) is 0 Å². The molecule has 2 aromatic carbocycles. The SMILES string of the molecule is O=S(=O)(O)c1c(O)c(O)c2c(O)c(O)c(O)c(O)c2c1O. The number of rotatable bonds is 1. The summed E-state index contributed by atoms with van der Waals surface area (Å²) in [5, 5.41) is 64.8. The van der Waals surface area contributed by atoms with Gasteiger partial charge in [0.2, 0.25) is 11.5 Å². The van der Waals surface area contributed by atoms with Crippen LogP contribution in [0.15, 0.2) is 4.90 Å². The first-order valence-corrected chi connectivity index (χ1v) is 6.48. The average molecular weight is 320 g/mol. The molecule has 21 heavy (non-hydrogen) atoms. The Hall–Kier alpha value is -2.79. The van der Waals surface area contributed by atoms with Crippen LogP contribution in [0.5, 0.6) is 40.2 Å². The van der Waals surface area contributed by atoms with Gasteiger partial charge in [-0.25, -0.2) is 0 Å². The van der Waals surface area contributed by atoms with Crippen molar-refractivity contribution in [1.82, 2.24) is 0 Å². The van der Waals surface area contributed by atoms with Crippen LogP contribution >= 0.6 is 0 Å². The van der Waals surface area contributed by atoms with E-state index >= 15 is 0 Å². The molecule has 8 N–H and O–H groups in total. The molecule has 0 saturated carbocycles. The Morgan fingerprint density at radius 1 is 0.524 bits per heavy atom. The van der Waals surface area contributed by atoms with Crippen molar-refractivity contribution in [3.63, 3.8) is 0 Å². The van der Waals surface area contributed by atoms with Crippen molar-refractivity contribution >= 4 is 20.9 Å². The van der Waals surface area contributed by atoms with Crippen LogP contribution in [0.2, 0.25) is 0 Å². The monoisotopic (exact) mass is 320 g/mol. The standard InChI is InChI=1S/C10H8O10S/c11-3-1-2(4(12)8(16)7(3)15)6(14)10(21(18,19)20)9(17)5(1)13/h11-17H,(H,18,19,20). The van der Waals surface area contributed by atoms with E-state index in [1.54, 1.807) is 0 Å². The predicted molar refractivity (Wildman–Crippen MR) is 65.4 cm³/mol.